The molecule has 1 saturated heterocycles. The zero-order chi connectivity index (χ0) is 22.5. The highest BCUT2D eigenvalue weighted by Gasteiger charge is 2.30. The Morgan fingerprint density at radius 2 is 1.87 bits per heavy atom. The number of nitrogens with two attached hydrogens (primary N) is 2. The molecule has 1 aromatic heterocycles. The number of Topliss-reactive ketones (excluding diaryl/α,β-unsaturated/α-hetero) is 1. The first-order chi connectivity index (χ1) is 14.8. The number of H-pyrrole nitrogens is 1. The van der Waals surface area contributed by atoms with Crippen LogP contribution in [0.3, 0.4) is 0 Å². The van der Waals surface area contributed by atoms with Crippen molar-refractivity contribution in [2.24, 2.45) is 11.5 Å². The number of piperidine rings is 1. The summed E-state index contributed by atoms with van der Waals surface area (Å²) in [5.41, 5.74) is 10.4. The van der Waals surface area contributed by atoms with Gasteiger partial charge in [-0.15, -0.1) is 0 Å². The largest absolute Gasteiger partial charge is 0.368 e. The van der Waals surface area contributed by atoms with Gasteiger partial charge in [-0.05, 0) is 43.6 Å². The summed E-state index contributed by atoms with van der Waals surface area (Å²) in [5, 5.41) is 0. The zero-order valence-corrected chi connectivity index (χ0v) is 17.1. The second-order valence-corrected chi connectivity index (χ2v) is 7.64. The summed E-state index contributed by atoms with van der Waals surface area (Å²) < 4.78 is 14.5. The minimum absolute atomic E-state index is 0.0408. The topological polar surface area (TPSA) is 144 Å². The van der Waals surface area contributed by atoms with Crippen LogP contribution >= 0.6 is 0 Å². The van der Waals surface area contributed by atoms with Gasteiger partial charge in [-0.25, -0.2) is 9.18 Å². The lowest BCUT2D eigenvalue weighted by Crippen LogP contribution is -2.50. The van der Waals surface area contributed by atoms with Crippen molar-refractivity contribution < 1.29 is 14.0 Å². The number of rotatable bonds is 8. The monoisotopic (exact) mass is 431 g/mol. The summed E-state index contributed by atoms with van der Waals surface area (Å²) in [6.07, 6.45) is 2.33. The van der Waals surface area contributed by atoms with Gasteiger partial charge in [0.05, 0.1) is 19.1 Å². The fraction of sp³-hybridized carbons (Fsp3) is 0.429. The number of nitrogens with one attached hydrogen (secondary N) is 1. The van der Waals surface area contributed by atoms with Gasteiger partial charge < -0.3 is 11.5 Å². The van der Waals surface area contributed by atoms with E-state index < -0.39 is 34.8 Å². The summed E-state index contributed by atoms with van der Waals surface area (Å²) in [4.78, 5) is 53.9. The summed E-state index contributed by atoms with van der Waals surface area (Å²) >= 11 is 0. The maximum Gasteiger partial charge on any atom is 0.328 e. The molecule has 0 aliphatic carbocycles. The van der Waals surface area contributed by atoms with E-state index in [0.29, 0.717) is 18.5 Å². The van der Waals surface area contributed by atoms with Gasteiger partial charge in [0.25, 0.3) is 5.56 Å². The number of primary amides is 1. The third-order valence-corrected chi connectivity index (χ3v) is 5.51. The van der Waals surface area contributed by atoms with Crippen molar-refractivity contribution >= 4 is 11.7 Å². The lowest BCUT2D eigenvalue weighted by atomic mass is 9.99. The first-order valence-corrected chi connectivity index (χ1v) is 10.2. The second kappa shape index (κ2) is 9.80. The maximum absolute atomic E-state index is 13.2. The van der Waals surface area contributed by atoms with Crippen LogP contribution < -0.4 is 22.7 Å². The van der Waals surface area contributed by atoms with E-state index >= 15 is 0 Å². The molecule has 2 aromatic rings. The minimum atomic E-state index is -0.790. The fourth-order valence-electron chi connectivity index (χ4n) is 4.01. The highest BCUT2D eigenvalue weighted by molar-refractivity contribution is 5.98. The van der Waals surface area contributed by atoms with Gasteiger partial charge in [-0.2, -0.15) is 0 Å². The molecule has 31 heavy (non-hydrogen) atoms. The third-order valence-electron chi connectivity index (χ3n) is 5.51. The molecule has 1 aromatic carbocycles. The number of hydrogen-bond acceptors (Lipinski definition) is 6. The Balaban J connectivity index is 1.99. The van der Waals surface area contributed by atoms with E-state index in [1.165, 1.54) is 28.8 Å². The Hall–Kier alpha value is -3.11. The molecular formula is C21H26FN5O4. The van der Waals surface area contributed by atoms with Gasteiger partial charge in [-0.3, -0.25) is 28.8 Å². The van der Waals surface area contributed by atoms with Crippen molar-refractivity contribution in [3.05, 3.63) is 67.7 Å². The van der Waals surface area contributed by atoms with Crippen LogP contribution in [0, 0.1) is 5.82 Å². The smallest absolute Gasteiger partial charge is 0.328 e. The first-order valence-electron chi connectivity index (χ1n) is 10.2. The molecule has 1 aliphatic rings. The maximum atomic E-state index is 13.2. The number of carbonyl (C=O) groups is 2. The number of nitrogens with zero attached hydrogens (tertiary/aromatic N) is 2. The second-order valence-electron chi connectivity index (χ2n) is 7.64. The number of aromatic nitrogens is 2. The molecule has 5 N–H and O–H groups in total. The molecule has 0 saturated carbocycles. The van der Waals surface area contributed by atoms with Crippen molar-refractivity contribution in [2.75, 3.05) is 19.6 Å². The minimum Gasteiger partial charge on any atom is -0.368 e. The molecule has 3 rings (SSSR count). The summed E-state index contributed by atoms with van der Waals surface area (Å²) in [7, 11) is 0. The first kappa shape index (κ1) is 22.6. The number of carbonyl (C=O) groups excluding carboxylic acids is 2. The number of likely N-dealkylation sites (tertiary alicyclic amines) is 1. The Labute approximate surface area is 177 Å². The van der Waals surface area contributed by atoms with Crippen molar-refractivity contribution in [3.8, 4) is 0 Å². The highest BCUT2D eigenvalue weighted by atomic mass is 19.1. The highest BCUT2D eigenvalue weighted by Crippen LogP contribution is 2.18. The zero-order valence-electron chi connectivity index (χ0n) is 17.1. The van der Waals surface area contributed by atoms with Gasteiger partial charge in [0, 0.05) is 12.1 Å². The molecule has 1 aliphatic heterocycles. The van der Waals surface area contributed by atoms with Crippen molar-refractivity contribution in [1.82, 2.24) is 14.5 Å². The van der Waals surface area contributed by atoms with Gasteiger partial charge in [0.15, 0.2) is 5.78 Å². The van der Waals surface area contributed by atoms with Crippen molar-refractivity contribution in [1.29, 1.82) is 0 Å². The van der Waals surface area contributed by atoms with Crippen LogP contribution in [0.2, 0.25) is 0 Å². The quantitative estimate of drug-likeness (QED) is 0.492. The fourth-order valence-corrected chi connectivity index (χ4v) is 4.01. The Morgan fingerprint density at radius 1 is 1.16 bits per heavy atom. The van der Waals surface area contributed by atoms with Crippen LogP contribution in [0.15, 0.2) is 33.9 Å². The molecule has 0 radical (unpaired) electrons. The molecule has 1 atom stereocenters. The lowest BCUT2D eigenvalue weighted by molar-refractivity contribution is -0.124. The van der Waals surface area contributed by atoms with Gasteiger partial charge >= 0.3 is 5.69 Å². The van der Waals surface area contributed by atoms with Gasteiger partial charge in [-0.1, -0.05) is 18.6 Å². The van der Waals surface area contributed by atoms with E-state index in [1.807, 2.05) is 0 Å². The van der Waals surface area contributed by atoms with Crippen LogP contribution in [-0.2, 0) is 17.8 Å². The van der Waals surface area contributed by atoms with Gasteiger partial charge in [0.1, 0.15) is 11.4 Å². The standard InChI is InChI=1S/C21H26FN5O4/c22-14-6-4-13(5-7-14)11-27-15(8-9-23)18(20(30)25-21(27)31)17(28)12-26-10-2-1-3-16(26)19(24)29/h4-7,16H,1-3,8-12,23H2,(H2,24,29)(H,25,30,31). The molecule has 2 heterocycles. The number of ketones is 1. The van der Waals surface area contributed by atoms with Crippen molar-refractivity contribution in [3.63, 3.8) is 0 Å². The number of hydrogen-bond donors (Lipinski definition) is 3. The van der Waals surface area contributed by atoms with Crippen LogP contribution in [-0.4, -0.2) is 51.8 Å². The lowest BCUT2D eigenvalue weighted by Gasteiger charge is -2.33. The van der Waals surface area contributed by atoms with E-state index in [0.717, 1.165) is 12.8 Å². The molecule has 0 spiro atoms. The SMILES string of the molecule is NCCc1c(C(=O)CN2CCCCC2C(N)=O)c(=O)[nH]c(=O)n1Cc1ccc(F)cc1. The van der Waals surface area contributed by atoms with E-state index in [4.69, 9.17) is 11.5 Å². The number of benzene rings is 1. The van der Waals surface area contributed by atoms with Gasteiger partial charge in [0.2, 0.25) is 5.91 Å². The molecule has 0 bridgehead atoms. The molecule has 1 fully saturated rings. The molecule has 166 valence electrons. The normalized spacial score (nSPS) is 16.9. The number of halogens is 1. The summed E-state index contributed by atoms with van der Waals surface area (Å²) in [6, 6.07) is 5.00. The van der Waals surface area contributed by atoms with E-state index in [9.17, 15) is 23.6 Å². The summed E-state index contributed by atoms with van der Waals surface area (Å²) in [6.45, 7) is 0.501. The Kier molecular flexibility index (Phi) is 7.13. The van der Waals surface area contributed by atoms with E-state index in [1.54, 1.807) is 4.90 Å². The van der Waals surface area contributed by atoms with Crippen LogP contribution in [0.5, 0.6) is 0 Å². The third kappa shape index (κ3) is 5.15. The predicted molar refractivity (Wildman–Crippen MR) is 112 cm³/mol. The number of aromatic amines is 1. The number of amides is 1. The molecular weight excluding hydrogens is 405 g/mol. The van der Waals surface area contributed by atoms with E-state index in [-0.39, 0.29) is 37.3 Å². The average molecular weight is 431 g/mol. The average Bonchev–Trinajstić information content (AvgIpc) is 2.72. The predicted octanol–water partition coefficient (Wildman–Crippen LogP) is -0.252. The van der Waals surface area contributed by atoms with Crippen LogP contribution in [0.1, 0.15) is 40.9 Å². The van der Waals surface area contributed by atoms with Crippen LogP contribution in [0.4, 0.5) is 4.39 Å². The Bertz CT molecular complexity index is 1080. The Morgan fingerprint density at radius 3 is 2.52 bits per heavy atom. The molecule has 10 heteroatoms. The molecule has 1 unspecified atom stereocenters. The van der Waals surface area contributed by atoms with Crippen molar-refractivity contribution in [2.45, 2.75) is 38.3 Å². The van der Waals surface area contributed by atoms with Crippen LogP contribution in [0.25, 0.3) is 0 Å². The molecule has 1 amide bonds. The molecule has 9 nitrogen and oxygen atoms in total. The summed E-state index contributed by atoms with van der Waals surface area (Å²) in [5.74, 6) is -1.43. The van der Waals surface area contributed by atoms with E-state index in [2.05, 4.69) is 4.98 Å².